The van der Waals surface area contributed by atoms with Gasteiger partial charge in [0, 0.05) is 11.8 Å². The van der Waals surface area contributed by atoms with Gasteiger partial charge in [-0.25, -0.2) is 12.8 Å². The highest BCUT2D eigenvalue weighted by atomic mass is 32.2. The normalized spacial score (nSPS) is 15.8. The van der Waals surface area contributed by atoms with E-state index in [1.807, 2.05) is 0 Å². The van der Waals surface area contributed by atoms with Crippen molar-refractivity contribution in [3.63, 3.8) is 0 Å². The van der Waals surface area contributed by atoms with Crippen LogP contribution in [0.3, 0.4) is 0 Å². The van der Waals surface area contributed by atoms with Crippen molar-refractivity contribution in [1.82, 2.24) is 0 Å². The zero-order chi connectivity index (χ0) is 12.3. The molecule has 0 saturated heterocycles. The first-order valence-corrected chi connectivity index (χ1v) is 6.55. The van der Waals surface area contributed by atoms with Crippen molar-refractivity contribution in [2.45, 2.75) is 11.4 Å². The summed E-state index contributed by atoms with van der Waals surface area (Å²) in [5, 5.41) is 17.2. The van der Waals surface area contributed by atoms with Crippen molar-refractivity contribution >= 4 is 9.84 Å². The summed E-state index contributed by atoms with van der Waals surface area (Å²) in [5.41, 5.74) is -0.132. The maximum Gasteiger partial charge on any atom is 0.155 e. The fourth-order valence-electron chi connectivity index (χ4n) is 1.38. The van der Waals surface area contributed by atoms with Crippen molar-refractivity contribution in [2.75, 3.05) is 12.9 Å². The van der Waals surface area contributed by atoms with E-state index in [1.54, 1.807) is 0 Å². The van der Waals surface area contributed by atoms with E-state index in [0.29, 0.717) is 0 Å². The molecule has 0 fully saturated rings. The Kier molecular flexibility index (Phi) is 4.01. The van der Waals surface area contributed by atoms with Crippen LogP contribution in [0.4, 0.5) is 4.39 Å². The van der Waals surface area contributed by atoms with Crippen LogP contribution in [0.1, 0.15) is 11.7 Å². The summed E-state index contributed by atoms with van der Waals surface area (Å²) in [6, 6.07) is 5.32. The Labute approximate surface area is 93.3 Å². The fourth-order valence-corrected chi connectivity index (χ4v) is 2.27. The number of sulfone groups is 1. The van der Waals surface area contributed by atoms with E-state index >= 15 is 0 Å². The smallest absolute Gasteiger partial charge is 0.155 e. The fraction of sp³-hybridized carbons (Fsp3) is 0.400. The number of benzene rings is 1. The van der Waals surface area contributed by atoms with Crippen LogP contribution < -0.4 is 0 Å². The van der Waals surface area contributed by atoms with E-state index in [4.69, 9.17) is 5.11 Å². The Hall–Kier alpha value is -0.980. The van der Waals surface area contributed by atoms with E-state index in [9.17, 15) is 17.9 Å². The first kappa shape index (κ1) is 13.1. The van der Waals surface area contributed by atoms with Crippen molar-refractivity contribution in [2.24, 2.45) is 0 Å². The lowest BCUT2D eigenvalue weighted by Crippen LogP contribution is -2.31. The van der Waals surface area contributed by atoms with Crippen LogP contribution >= 0.6 is 0 Å². The van der Waals surface area contributed by atoms with E-state index in [0.717, 1.165) is 12.3 Å². The van der Waals surface area contributed by atoms with Crippen molar-refractivity contribution < 1.29 is 23.0 Å². The van der Waals surface area contributed by atoms with Crippen molar-refractivity contribution in [1.29, 1.82) is 0 Å². The van der Waals surface area contributed by atoms with Gasteiger partial charge >= 0.3 is 0 Å². The van der Waals surface area contributed by atoms with E-state index in [-0.39, 0.29) is 5.56 Å². The Bertz CT molecular complexity index is 458. The molecule has 0 unspecified atom stereocenters. The minimum atomic E-state index is -3.65. The zero-order valence-corrected chi connectivity index (χ0v) is 9.48. The van der Waals surface area contributed by atoms with E-state index in [1.165, 1.54) is 18.2 Å². The summed E-state index contributed by atoms with van der Waals surface area (Å²) in [6.45, 7) is -0.756. The Morgan fingerprint density at radius 1 is 1.38 bits per heavy atom. The standard InChI is InChI=1S/C10H13FO4S/c1-16(14,15)9(6-12)10(13)7-4-2-3-5-8(7)11/h2-5,9-10,12-13H,6H2,1H3/t9-,10+/m0/s1. The summed E-state index contributed by atoms with van der Waals surface area (Å²) >= 11 is 0. The summed E-state index contributed by atoms with van der Waals surface area (Å²) in [4.78, 5) is 0. The van der Waals surface area contributed by atoms with Gasteiger partial charge in [-0.3, -0.25) is 0 Å². The van der Waals surface area contributed by atoms with Gasteiger partial charge in [0.25, 0.3) is 0 Å². The largest absolute Gasteiger partial charge is 0.395 e. The van der Waals surface area contributed by atoms with Gasteiger partial charge in [0.05, 0.1) is 6.61 Å². The molecule has 0 aliphatic rings. The van der Waals surface area contributed by atoms with Crippen molar-refractivity contribution in [3.8, 4) is 0 Å². The minimum Gasteiger partial charge on any atom is -0.395 e. The third-order valence-corrected chi connectivity index (χ3v) is 3.81. The highest BCUT2D eigenvalue weighted by Gasteiger charge is 2.30. The highest BCUT2D eigenvalue weighted by Crippen LogP contribution is 2.23. The molecular weight excluding hydrogens is 235 g/mol. The van der Waals surface area contributed by atoms with Crippen LogP contribution in [0.2, 0.25) is 0 Å². The minimum absolute atomic E-state index is 0.132. The average Bonchev–Trinajstić information content (AvgIpc) is 2.17. The molecule has 0 aliphatic carbocycles. The molecule has 0 heterocycles. The highest BCUT2D eigenvalue weighted by molar-refractivity contribution is 7.91. The van der Waals surface area contributed by atoms with Crippen molar-refractivity contribution in [3.05, 3.63) is 35.6 Å². The third-order valence-electron chi connectivity index (χ3n) is 2.31. The number of aliphatic hydroxyl groups excluding tert-OH is 2. The summed E-state index contributed by atoms with van der Waals surface area (Å²) in [7, 11) is -3.65. The first-order chi connectivity index (χ1) is 7.38. The second-order valence-corrected chi connectivity index (χ2v) is 5.78. The number of halogens is 1. The van der Waals surface area contributed by atoms with Gasteiger partial charge in [0.1, 0.15) is 17.2 Å². The van der Waals surface area contributed by atoms with Gasteiger partial charge < -0.3 is 10.2 Å². The molecule has 6 heteroatoms. The van der Waals surface area contributed by atoms with Gasteiger partial charge in [0.2, 0.25) is 0 Å². The molecule has 0 aliphatic heterocycles. The van der Waals surface area contributed by atoms with Gasteiger partial charge in [-0.1, -0.05) is 18.2 Å². The summed E-state index contributed by atoms with van der Waals surface area (Å²) in [5.74, 6) is -0.697. The molecule has 4 nitrogen and oxygen atoms in total. The SMILES string of the molecule is CS(=O)(=O)[C@@H](CO)[C@H](O)c1ccccc1F. The molecule has 1 rings (SSSR count). The Morgan fingerprint density at radius 3 is 2.38 bits per heavy atom. The van der Waals surface area contributed by atoms with Crippen LogP contribution in [0.25, 0.3) is 0 Å². The summed E-state index contributed by atoms with van der Waals surface area (Å²) < 4.78 is 35.8. The number of rotatable bonds is 4. The lowest BCUT2D eigenvalue weighted by Gasteiger charge is -2.19. The molecule has 90 valence electrons. The predicted molar refractivity (Wildman–Crippen MR) is 57.1 cm³/mol. The Morgan fingerprint density at radius 2 is 1.94 bits per heavy atom. The molecule has 2 N–H and O–H groups in total. The number of hydrogen-bond donors (Lipinski definition) is 2. The predicted octanol–water partition coefficient (Wildman–Crippen LogP) is 0.265. The summed E-state index contributed by atoms with van der Waals surface area (Å²) in [6.07, 6.45) is -0.681. The number of hydrogen-bond acceptors (Lipinski definition) is 4. The molecule has 0 saturated carbocycles. The van der Waals surface area contributed by atoms with Crippen LogP contribution in [0.5, 0.6) is 0 Å². The molecule has 0 aromatic heterocycles. The molecule has 0 spiro atoms. The lowest BCUT2D eigenvalue weighted by molar-refractivity contribution is 0.134. The molecule has 1 aromatic carbocycles. The van der Waals surface area contributed by atoms with Crippen LogP contribution in [-0.4, -0.2) is 36.7 Å². The first-order valence-electron chi connectivity index (χ1n) is 4.60. The monoisotopic (exact) mass is 248 g/mol. The molecule has 0 radical (unpaired) electrons. The topological polar surface area (TPSA) is 74.6 Å². The van der Waals surface area contributed by atoms with Gasteiger partial charge in [-0.2, -0.15) is 0 Å². The van der Waals surface area contributed by atoms with Crippen LogP contribution in [0.15, 0.2) is 24.3 Å². The van der Waals surface area contributed by atoms with Crippen LogP contribution in [0, 0.1) is 5.82 Å². The second-order valence-electron chi connectivity index (χ2n) is 3.52. The van der Waals surface area contributed by atoms with Crippen LogP contribution in [-0.2, 0) is 9.84 Å². The molecular formula is C10H13FO4S. The average molecular weight is 248 g/mol. The van der Waals surface area contributed by atoms with Gasteiger partial charge in [0.15, 0.2) is 9.84 Å². The lowest BCUT2D eigenvalue weighted by atomic mass is 10.1. The molecule has 16 heavy (non-hydrogen) atoms. The molecule has 0 bridgehead atoms. The maximum atomic E-state index is 13.3. The third kappa shape index (κ3) is 2.78. The Balaban J connectivity index is 3.10. The molecule has 1 aromatic rings. The second kappa shape index (κ2) is 4.90. The molecule has 0 amide bonds. The maximum absolute atomic E-state index is 13.3. The van der Waals surface area contributed by atoms with E-state index < -0.39 is 33.6 Å². The van der Waals surface area contributed by atoms with Gasteiger partial charge in [-0.15, -0.1) is 0 Å². The molecule has 2 atom stereocenters. The van der Waals surface area contributed by atoms with E-state index in [2.05, 4.69) is 0 Å². The number of aliphatic hydroxyl groups is 2. The zero-order valence-electron chi connectivity index (χ0n) is 8.67. The van der Waals surface area contributed by atoms with Gasteiger partial charge in [-0.05, 0) is 6.07 Å². The quantitative estimate of drug-likeness (QED) is 0.801.